The monoisotopic (exact) mass is 231 g/mol. The SMILES string of the molecule is CCOCCN(C)c1cn[nH]c(=O)c1Cl. The largest absolute Gasteiger partial charge is 0.380 e. The van der Waals surface area contributed by atoms with Gasteiger partial charge in [0.15, 0.2) is 0 Å². The van der Waals surface area contributed by atoms with Crippen LogP contribution in [0.2, 0.25) is 5.02 Å². The van der Waals surface area contributed by atoms with Crippen molar-refractivity contribution in [2.24, 2.45) is 0 Å². The number of likely N-dealkylation sites (N-methyl/N-ethyl adjacent to an activating group) is 1. The van der Waals surface area contributed by atoms with Gasteiger partial charge in [0.2, 0.25) is 0 Å². The lowest BCUT2D eigenvalue weighted by molar-refractivity contribution is 0.154. The molecular formula is C9H14ClN3O2. The standard InChI is InChI=1S/C9H14ClN3O2/c1-3-15-5-4-13(2)7-6-11-12-9(14)8(7)10/h6H,3-5H2,1-2H3,(H,12,14). The minimum Gasteiger partial charge on any atom is -0.380 e. The molecule has 1 aromatic rings. The zero-order chi connectivity index (χ0) is 11.3. The van der Waals surface area contributed by atoms with Gasteiger partial charge >= 0.3 is 0 Å². The third kappa shape index (κ3) is 3.21. The molecule has 0 aliphatic heterocycles. The number of rotatable bonds is 5. The molecule has 5 nitrogen and oxygen atoms in total. The smallest absolute Gasteiger partial charge is 0.285 e. The molecule has 0 unspecified atom stereocenters. The van der Waals surface area contributed by atoms with Crippen LogP contribution in [0.4, 0.5) is 5.69 Å². The fourth-order valence-corrected chi connectivity index (χ4v) is 1.34. The normalized spacial score (nSPS) is 10.3. The van der Waals surface area contributed by atoms with E-state index in [4.69, 9.17) is 16.3 Å². The molecule has 1 rings (SSSR count). The Morgan fingerprint density at radius 1 is 1.67 bits per heavy atom. The molecule has 84 valence electrons. The fourth-order valence-electron chi connectivity index (χ4n) is 1.11. The predicted molar refractivity (Wildman–Crippen MR) is 59.6 cm³/mol. The van der Waals surface area contributed by atoms with Crippen LogP contribution in [0.3, 0.4) is 0 Å². The van der Waals surface area contributed by atoms with Gasteiger partial charge in [0.05, 0.1) is 18.5 Å². The van der Waals surface area contributed by atoms with Crippen molar-refractivity contribution in [1.29, 1.82) is 0 Å². The summed E-state index contributed by atoms with van der Waals surface area (Å²) in [6.45, 7) is 3.87. The van der Waals surface area contributed by atoms with Gasteiger partial charge < -0.3 is 9.64 Å². The number of aromatic amines is 1. The molecule has 0 radical (unpaired) electrons. The third-order valence-corrected chi connectivity index (χ3v) is 2.33. The van der Waals surface area contributed by atoms with E-state index in [9.17, 15) is 4.79 Å². The first-order chi connectivity index (χ1) is 7.16. The van der Waals surface area contributed by atoms with Crippen LogP contribution in [-0.4, -0.2) is 37.0 Å². The first-order valence-corrected chi connectivity index (χ1v) is 5.06. The first kappa shape index (κ1) is 12.0. The molecule has 0 amide bonds. The third-order valence-electron chi connectivity index (χ3n) is 1.96. The van der Waals surface area contributed by atoms with Crippen molar-refractivity contribution in [1.82, 2.24) is 10.2 Å². The van der Waals surface area contributed by atoms with Crippen LogP contribution in [0.25, 0.3) is 0 Å². The van der Waals surface area contributed by atoms with Crippen molar-refractivity contribution >= 4 is 17.3 Å². The molecule has 1 N–H and O–H groups in total. The topological polar surface area (TPSA) is 58.2 Å². The number of H-pyrrole nitrogens is 1. The molecular weight excluding hydrogens is 218 g/mol. The zero-order valence-electron chi connectivity index (χ0n) is 8.79. The molecule has 0 atom stereocenters. The van der Waals surface area contributed by atoms with E-state index in [1.807, 2.05) is 18.9 Å². The van der Waals surface area contributed by atoms with E-state index in [1.54, 1.807) is 0 Å². The summed E-state index contributed by atoms with van der Waals surface area (Å²) in [5.41, 5.74) is 0.234. The van der Waals surface area contributed by atoms with Crippen LogP contribution in [0.15, 0.2) is 11.0 Å². The fraction of sp³-hybridized carbons (Fsp3) is 0.556. The Balaban J connectivity index is 2.69. The molecule has 0 aliphatic carbocycles. The number of halogens is 1. The number of hydrogen-bond donors (Lipinski definition) is 1. The van der Waals surface area contributed by atoms with Crippen LogP contribution in [0, 0.1) is 0 Å². The summed E-state index contributed by atoms with van der Waals surface area (Å²) in [7, 11) is 1.83. The molecule has 0 saturated carbocycles. The highest BCUT2D eigenvalue weighted by atomic mass is 35.5. The summed E-state index contributed by atoms with van der Waals surface area (Å²) in [6, 6.07) is 0. The van der Waals surface area contributed by atoms with Crippen LogP contribution < -0.4 is 10.5 Å². The van der Waals surface area contributed by atoms with Gasteiger partial charge in [-0.3, -0.25) is 4.79 Å². The Labute approximate surface area is 93.0 Å². The van der Waals surface area contributed by atoms with Gasteiger partial charge in [0.25, 0.3) is 5.56 Å². The molecule has 0 aliphatic rings. The van der Waals surface area contributed by atoms with Gasteiger partial charge in [-0.25, -0.2) is 5.10 Å². The number of nitrogens with zero attached hydrogens (tertiary/aromatic N) is 2. The van der Waals surface area contributed by atoms with E-state index in [1.165, 1.54) is 6.20 Å². The van der Waals surface area contributed by atoms with Crippen molar-refractivity contribution in [3.05, 3.63) is 21.6 Å². The molecule has 0 bridgehead atoms. The highest BCUT2D eigenvalue weighted by Crippen LogP contribution is 2.18. The number of ether oxygens (including phenoxy) is 1. The van der Waals surface area contributed by atoms with Crippen molar-refractivity contribution < 1.29 is 4.74 Å². The lowest BCUT2D eigenvalue weighted by Gasteiger charge is -2.18. The Morgan fingerprint density at radius 2 is 2.40 bits per heavy atom. The number of aromatic nitrogens is 2. The quantitative estimate of drug-likeness (QED) is 0.765. The molecule has 0 saturated heterocycles. The van der Waals surface area contributed by atoms with Gasteiger partial charge in [0.1, 0.15) is 5.02 Å². The summed E-state index contributed by atoms with van der Waals surface area (Å²) >= 11 is 5.83. The Kier molecular flexibility index (Phi) is 4.58. The molecule has 15 heavy (non-hydrogen) atoms. The van der Waals surface area contributed by atoms with Gasteiger partial charge in [-0.15, -0.1) is 0 Å². The lowest BCUT2D eigenvalue weighted by Crippen LogP contribution is -2.25. The van der Waals surface area contributed by atoms with Crippen LogP contribution >= 0.6 is 11.6 Å². The van der Waals surface area contributed by atoms with Crippen molar-refractivity contribution in [3.63, 3.8) is 0 Å². The molecule has 1 aromatic heterocycles. The summed E-state index contributed by atoms with van der Waals surface area (Å²) in [5.74, 6) is 0. The Hall–Kier alpha value is -1.07. The van der Waals surface area contributed by atoms with Gasteiger partial charge in [-0.2, -0.15) is 5.10 Å². The second-order valence-electron chi connectivity index (χ2n) is 3.02. The second kappa shape index (κ2) is 5.72. The van der Waals surface area contributed by atoms with E-state index < -0.39 is 0 Å². The Bertz CT molecular complexity index is 367. The minimum atomic E-state index is -0.377. The highest BCUT2D eigenvalue weighted by molar-refractivity contribution is 6.32. The van der Waals surface area contributed by atoms with Gasteiger partial charge in [-0.1, -0.05) is 11.6 Å². The average molecular weight is 232 g/mol. The van der Waals surface area contributed by atoms with Crippen molar-refractivity contribution in [3.8, 4) is 0 Å². The molecule has 0 aromatic carbocycles. The molecule has 0 spiro atoms. The second-order valence-corrected chi connectivity index (χ2v) is 3.39. The summed E-state index contributed by atoms with van der Waals surface area (Å²) < 4.78 is 5.20. The highest BCUT2D eigenvalue weighted by Gasteiger charge is 2.08. The van der Waals surface area contributed by atoms with Crippen molar-refractivity contribution in [2.75, 3.05) is 31.7 Å². The lowest BCUT2D eigenvalue weighted by atomic mass is 10.4. The first-order valence-electron chi connectivity index (χ1n) is 4.69. The van der Waals surface area contributed by atoms with E-state index in [0.29, 0.717) is 25.4 Å². The molecule has 6 heteroatoms. The maximum absolute atomic E-state index is 11.2. The van der Waals surface area contributed by atoms with E-state index in [0.717, 1.165) is 0 Å². The van der Waals surface area contributed by atoms with Crippen molar-refractivity contribution in [2.45, 2.75) is 6.92 Å². The maximum Gasteiger partial charge on any atom is 0.285 e. The summed E-state index contributed by atoms with van der Waals surface area (Å²) in [4.78, 5) is 13.0. The predicted octanol–water partition coefficient (Wildman–Crippen LogP) is 0.896. The van der Waals surface area contributed by atoms with E-state index in [-0.39, 0.29) is 10.6 Å². The minimum absolute atomic E-state index is 0.156. The summed E-state index contributed by atoms with van der Waals surface area (Å²) in [5, 5.41) is 6.11. The van der Waals surface area contributed by atoms with Crippen LogP contribution in [0.5, 0.6) is 0 Å². The molecule has 1 heterocycles. The van der Waals surface area contributed by atoms with Crippen LogP contribution in [-0.2, 0) is 4.74 Å². The number of hydrogen-bond acceptors (Lipinski definition) is 4. The Morgan fingerprint density at radius 3 is 3.07 bits per heavy atom. The number of nitrogens with one attached hydrogen (secondary N) is 1. The summed E-state index contributed by atoms with van der Waals surface area (Å²) in [6.07, 6.45) is 1.52. The zero-order valence-corrected chi connectivity index (χ0v) is 9.54. The van der Waals surface area contributed by atoms with Gasteiger partial charge in [-0.05, 0) is 6.92 Å². The number of anilines is 1. The van der Waals surface area contributed by atoms with E-state index in [2.05, 4.69) is 10.2 Å². The average Bonchev–Trinajstić information content (AvgIpc) is 2.22. The maximum atomic E-state index is 11.2. The van der Waals surface area contributed by atoms with E-state index >= 15 is 0 Å². The van der Waals surface area contributed by atoms with Crippen LogP contribution in [0.1, 0.15) is 6.92 Å². The molecule has 0 fully saturated rings. The van der Waals surface area contributed by atoms with Gasteiger partial charge in [0, 0.05) is 20.2 Å².